The summed E-state index contributed by atoms with van der Waals surface area (Å²) in [6.07, 6.45) is 1.75. The Kier molecular flexibility index (Phi) is 6.35. The summed E-state index contributed by atoms with van der Waals surface area (Å²) in [7, 11) is 0. The van der Waals surface area contributed by atoms with Gasteiger partial charge in [-0.3, -0.25) is 9.59 Å². The molecule has 1 atom stereocenters. The second-order valence-electron chi connectivity index (χ2n) is 8.87. The normalized spacial score (nSPS) is 15.0. The van der Waals surface area contributed by atoms with Crippen LogP contribution >= 0.6 is 11.6 Å². The Morgan fingerprint density at radius 3 is 2.49 bits per heavy atom. The Hall–Kier alpha value is -3.57. The summed E-state index contributed by atoms with van der Waals surface area (Å²) >= 11 is 6.31. The van der Waals surface area contributed by atoms with Crippen LogP contribution in [0.2, 0.25) is 5.02 Å². The minimum absolute atomic E-state index is 0.120. The first-order chi connectivity index (χ1) is 17.0. The molecule has 6 heteroatoms. The number of carbonyl (C=O) groups is 1. The predicted molar refractivity (Wildman–Crippen MR) is 137 cm³/mol. The van der Waals surface area contributed by atoms with Crippen molar-refractivity contribution in [3.8, 4) is 5.75 Å². The largest absolute Gasteiger partial charge is 0.489 e. The van der Waals surface area contributed by atoms with Gasteiger partial charge in [0.25, 0.3) is 5.91 Å². The standard InChI is InChI=1S/C29H26ClNO4/c1-3-4-14-31-26(20-10-12-21(13-11-20)34-17-19-8-6-5-7-9-19)25-27(32)22-16-23(30)18(2)15-24(22)35-28(25)29(31)33/h5-13,15-16,26H,3-4,14,17H2,1-2H3. The quantitative estimate of drug-likeness (QED) is 0.292. The molecule has 0 saturated heterocycles. The lowest BCUT2D eigenvalue weighted by Crippen LogP contribution is -2.30. The summed E-state index contributed by atoms with van der Waals surface area (Å²) in [5.41, 5.74) is 3.24. The van der Waals surface area contributed by atoms with Gasteiger partial charge in [0, 0.05) is 11.6 Å². The maximum Gasteiger partial charge on any atom is 0.290 e. The number of carbonyl (C=O) groups excluding carboxylic acids is 1. The van der Waals surface area contributed by atoms with Crippen LogP contribution in [0.1, 0.15) is 58.6 Å². The van der Waals surface area contributed by atoms with E-state index in [0.29, 0.717) is 34.7 Å². The maximum absolute atomic E-state index is 13.6. The molecule has 1 aliphatic rings. The van der Waals surface area contributed by atoms with Crippen LogP contribution < -0.4 is 10.2 Å². The van der Waals surface area contributed by atoms with Gasteiger partial charge in [-0.1, -0.05) is 67.4 Å². The molecule has 1 amide bonds. The highest BCUT2D eigenvalue weighted by Crippen LogP contribution is 2.39. The zero-order valence-corrected chi connectivity index (χ0v) is 20.5. The number of unbranched alkanes of at least 4 members (excludes halogenated alkanes) is 1. The number of fused-ring (bicyclic) bond motifs is 2. The van der Waals surface area contributed by atoms with Gasteiger partial charge in [0.05, 0.1) is 17.0 Å². The molecule has 1 unspecified atom stereocenters. The fourth-order valence-corrected chi connectivity index (χ4v) is 4.70. The van der Waals surface area contributed by atoms with E-state index in [0.717, 1.165) is 35.3 Å². The van der Waals surface area contributed by atoms with Crippen molar-refractivity contribution in [1.82, 2.24) is 4.90 Å². The van der Waals surface area contributed by atoms with Crippen LogP contribution in [0, 0.1) is 6.92 Å². The van der Waals surface area contributed by atoms with Gasteiger partial charge in [0.1, 0.15) is 17.9 Å². The van der Waals surface area contributed by atoms with Crippen molar-refractivity contribution >= 4 is 28.5 Å². The maximum atomic E-state index is 13.6. The molecule has 0 bridgehead atoms. The average molecular weight is 488 g/mol. The second-order valence-corrected chi connectivity index (χ2v) is 9.28. The molecule has 5 rings (SSSR count). The minimum Gasteiger partial charge on any atom is -0.489 e. The van der Waals surface area contributed by atoms with Crippen molar-refractivity contribution in [2.45, 2.75) is 39.3 Å². The van der Waals surface area contributed by atoms with Gasteiger partial charge < -0.3 is 14.1 Å². The van der Waals surface area contributed by atoms with Crippen molar-refractivity contribution < 1.29 is 13.9 Å². The molecular formula is C29H26ClNO4. The fraction of sp³-hybridized carbons (Fsp3) is 0.241. The first-order valence-corrected chi connectivity index (χ1v) is 12.2. The number of ether oxygens (including phenoxy) is 1. The molecular weight excluding hydrogens is 462 g/mol. The molecule has 0 fully saturated rings. The lowest BCUT2D eigenvalue weighted by molar-refractivity contribution is 0.0725. The second kappa shape index (κ2) is 9.59. The number of halogens is 1. The van der Waals surface area contributed by atoms with Crippen LogP contribution in [-0.4, -0.2) is 17.4 Å². The molecule has 0 radical (unpaired) electrons. The summed E-state index contributed by atoms with van der Waals surface area (Å²) < 4.78 is 12.0. The number of hydrogen-bond donors (Lipinski definition) is 0. The van der Waals surface area contributed by atoms with E-state index in [-0.39, 0.29) is 17.1 Å². The SMILES string of the molecule is CCCCN1C(=O)c2oc3cc(C)c(Cl)cc3c(=O)c2C1c1ccc(OCc2ccccc2)cc1. The average Bonchev–Trinajstić information content (AvgIpc) is 3.15. The van der Waals surface area contributed by atoms with Crippen LogP contribution in [-0.2, 0) is 6.61 Å². The molecule has 4 aromatic rings. The van der Waals surface area contributed by atoms with Crippen LogP contribution in [0.3, 0.4) is 0 Å². The summed E-state index contributed by atoms with van der Waals surface area (Å²) in [5.74, 6) is 0.583. The third-order valence-corrected chi connectivity index (χ3v) is 6.85. The van der Waals surface area contributed by atoms with E-state index in [1.165, 1.54) is 0 Å². The molecule has 0 spiro atoms. The molecule has 0 aliphatic carbocycles. The fourth-order valence-electron chi connectivity index (χ4n) is 4.53. The molecule has 178 valence electrons. The molecule has 5 nitrogen and oxygen atoms in total. The molecule has 2 heterocycles. The number of benzene rings is 3. The monoisotopic (exact) mass is 487 g/mol. The van der Waals surface area contributed by atoms with Crippen molar-refractivity contribution in [2.75, 3.05) is 6.54 Å². The van der Waals surface area contributed by atoms with E-state index >= 15 is 0 Å². The molecule has 3 aromatic carbocycles. The van der Waals surface area contributed by atoms with Gasteiger partial charge in [-0.15, -0.1) is 0 Å². The Labute approximate surface area is 208 Å². The van der Waals surface area contributed by atoms with Gasteiger partial charge in [-0.25, -0.2) is 0 Å². The van der Waals surface area contributed by atoms with Gasteiger partial charge in [0.15, 0.2) is 5.43 Å². The van der Waals surface area contributed by atoms with Gasteiger partial charge in [-0.2, -0.15) is 0 Å². The Bertz CT molecular complexity index is 1440. The van der Waals surface area contributed by atoms with Crippen molar-refractivity contribution in [2.24, 2.45) is 0 Å². The summed E-state index contributed by atoms with van der Waals surface area (Å²) in [6.45, 7) is 4.91. The first kappa shape index (κ1) is 23.2. The van der Waals surface area contributed by atoms with Crippen LogP contribution in [0.25, 0.3) is 11.0 Å². The van der Waals surface area contributed by atoms with E-state index in [9.17, 15) is 9.59 Å². The first-order valence-electron chi connectivity index (χ1n) is 11.8. The summed E-state index contributed by atoms with van der Waals surface area (Å²) in [5, 5.41) is 0.880. The van der Waals surface area contributed by atoms with E-state index in [4.69, 9.17) is 20.8 Å². The lowest BCUT2D eigenvalue weighted by atomic mass is 9.98. The predicted octanol–water partition coefficient (Wildman–Crippen LogP) is 6.68. The van der Waals surface area contributed by atoms with Crippen molar-refractivity contribution in [3.05, 3.63) is 110 Å². The zero-order chi connectivity index (χ0) is 24.5. The number of hydrogen-bond acceptors (Lipinski definition) is 4. The van der Waals surface area contributed by atoms with Gasteiger partial charge in [-0.05, 0) is 54.3 Å². The number of nitrogens with zero attached hydrogens (tertiary/aromatic N) is 1. The Balaban J connectivity index is 1.54. The summed E-state index contributed by atoms with van der Waals surface area (Å²) in [6, 6.07) is 20.4. The molecule has 0 saturated carbocycles. The van der Waals surface area contributed by atoms with Crippen LogP contribution in [0.15, 0.2) is 75.9 Å². The van der Waals surface area contributed by atoms with Crippen LogP contribution in [0.5, 0.6) is 5.75 Å². The Morgan fingerprint density at radius 2 is 1.77 bits per heavy atom. The highest BCUT2D eigenvalue weighted by atomic mass is 35.5. The summed E-state index contributed by atoms with van der Waals surface area (Å²) in [4.78, 5) is 28.8. The highest BCUT2D eigenvalue weighted by Gasteiger charge is 2.42. The lowest BCUT2D eigenvalue weighted by Gasteiger charge is -2.25. The van der Waals surface area contributed by atoms with E-state index in [2.05, 4.69) is 6.92 Å². The van der Waals surface area contributed by atoms with Crippen molar-refractivity contribution in [1.29, 1.82) is 0 Å². The third kappa shape index (κ3) is 4.32. The number of rotatable bonds is 7. The molecule has 1 aliphatic heterocycles. The van der Waals surface area contributed by atoms with Crippen LogP contribution in [0.4, 0.5) is 0 Å². The van der Waals surface area contributed by atoms with Gasteiger partial charge >= 0.3 is 0 Å². The third-order valence-electron chi connectivity index (χ3n) is 6.44. The molecule has 35 heavy (non-hydrogen) atoms. The minimum atomic E-state index is -0.520. The highest BCUT2D eigenvalue weighted by molar-refractivity contribution is 6.32. The topological polar surface area (TPSA) is 59.8 Å². The van der Waals surface area contributed by atoms with E-state index in [1.807, 2.05) is 61.5 Å². The molecule has 0 N–H and O–H groups in total. The number of aryl methyl sites for hydroxylation is 1. The smallest absolute Gasteiger partial charge is 0.290 e. The Morgan fingerprint density at radius 1 is 1.03 bits per heavy atom. The van der Waals surface area contributed by atoms with E-state index in [1.54, 1.807) is 17.0 Å². The molecule has 1 aromatic heterocycles. The van der Waals surface area contributed by atoms with E-state index < -0.39 is 6.04 Å². The van der Waals surface area contributed by atoms with Gasteiger partial charge in [0.2, 0.25) is 5.76 Å². The van der Waals surface area contributed by atoms with Crippen molar-refractivity contribution in [3.63, 3.8) is 0 Å². The zero-order valence-electron chi connectivity index (χ0n) is 19.7. The number of amides is 1.